The van der Waals surface area contributed by atoms with Gasteiger partial charge in [0.15, 0.2) is 0 Å². The highest BCUT2D eigenvalue weighted by Gasteiger charge is 2.18. The molecule has 0 saturated heterocycles. The monoisotopic (exact) mass is 342 g/mol. The highest BCUT2D eigenvalue weighted by Crippen LogP contribution is 2.20. The zero-order valence-electron chi connectivity index (χ0n) is 13.8. The van der Waals surface area contributed by atoms with Gasteiger partial charge in [0.25, 0.3) is 5.91 Å². The molecule has 1 amide bonds. The Bertz CT molecular complexity index is 855. The van der Waals surface area contributed by atoms with Gasteiger partial charge >= 0.3 is 0 Å². The molecule has 0 aliphatic heterocycles. The summed E-state index contributed by atoms with van der Waals surface area (Å²) in [5, 5.41) is 10.00. The summed E-state index contributed by atoms with van der Waals surface area (Å²) in [6, 6.07) is 0. The van der Waals surface area contributed by atoms with Crippen LogP contribution in [0.3, 0.4) is 0 Å². The molecule has 0 aliphatic rings. The Hall–Kier alpha value is -2.61. The zero-order chi connectivity index (χ0) is 17.1. The van der Waals surface area contributed by atoms with E-state index in [1.165, 1.54) is 11.3 Å². The summed E-state index contributed by atoms with van der Waals surface area (Å²) in [5.41, 5.74) is 3.79. The van der Waals surface area contributed by atoms with Gasteiger partial charge in [-0.05, 0) is 20.8 Å². The molecule has 0 aromatic carbocycles. The number of carbonyl (C=O) groups is 1. The van der Waals surface area contributed by atoms with Crippen LogP contribution in [0.25, 0.3) is 10.7 Å². The molecule has 1 N–H and O–H groups in total. The van der Waals surface area contributed by atoms with E-state index in [0.717, 1.165) is 34.3 Å². The number of amides is 1. The van der Waals surface area contributed by atoms with Gasteiger partial charge in [0.1, 0.15) is 10.7 Å². The Labute approximate surface area is 143 Å². The van der Waals surface area contributed by atoms with Crippen LogP contribution in [0.5, 0.6) is 0 Å². The SMILES string of the molecule is CCn1nc(C)c(C(=O)NCc2csc(-c3cnccn3)n2)c1C. The highest BCUT2D eigenvalue weighted by molar-refractivity contribution is 7.13. The van der Waals surface area contributed by atoms with Gasteiger partial charge in [0.05, 0.1) is 29.7 Å². The van der Waals surface area contributed by atoms with Gasteiger partial charge in [-0.25, -0.2) is 4.98 Å². The fraction of sp³-hybridized carbons (Fsp3) is 0.312. The van der Waals surface area contributed by atoms with Crippen LogP contribution in [-0.2, 0) is 13.1 Å². The minimum absolute atomic E-state index is 0.126. The zero-order valence-corrected chi connectivity index (χ0v) is 14.6. The molecule has 3 aromatic rings. The van der Waals surface area contributed by atoms with Gasteiger partial charge in [-0.15, -0.1) is 11.3 Å². The van der Waals surface area contributed by atoms with E-state index in [2.05, 4.69) is 25.4 Å². The molecule has 7 nitrogen and oxygen atoms in total. The third-order valence-electron chi connectivity index (χ3n) is 3.67. The lowest BCUT2D eigenvalue weighted by molar-refractivity contribution is 0.0949. The molecule has 0 saturated carbocycles. The molecule has 0 aliphatic carbocycles. The van der Waals surface area contributed by atoms with Crippen molar-refractivity contribution in [3.8, 4) is 10.7 Å². The van der Waals surface area contributed by atoms with Gasteiger partial charge in [0.2, 0.25) is 0 Å². The fourth-order valence-electron chi connectivity index (χ4n) is 2.51. The fourth-order valence-corrected chi connectivity index (χ4v) is 3.29. The summed E-state index contributed by atoms with van der Waals surface area (Å²) in [7, 11) is 0. The van der Waals surface area contributed by atoms with Crippen molar-refractivity contribution in [1.29, 1.82) is 0 Å². The van der Waals surface area contributed by atoms with E-state index >= 15 is 0 Å². The number of aryl methyl sites for hydroxylation is 2. The molecule has 8 heteroatoms. The number of nitrogens with zero attached hydrogens (tertiary/aromatic N) is 5. The van der Waals surface area contributed by atoms with Crippen LogP contribution in [0.2, 0.25) is 0 Å². The molecule has 124 valence electrons. The van der Waals surface area contributed by atoms with Gasteiger partial charge < -0.3 is 5.32 Å². The van der Waals surface area contributed by atoms with Crippen molar-refractivity contribution in [2.24, 2.45) is 0 Å². The highest BCUT2D eigenvalue weighted by atomic mass is 32.1. The van der Waals surface area contributed by atoms with E-state index in [0.29, 0.717) is 12.1 Å². The van der Waals surface area contributed by atoms with Crippen LogP contribution < -0.4 is 5.32 Å². The van der Waals surface area contributed by atoms with Crippen LogP contribution in [0.15, 0.2) is 24.0 Å². The Morgan fingerprint density at radius 1 is 1.33 bits per heavy atom. The number of rotatable bonds is 5. The molecule has 0 bridgehead atoms. The summed E-state index contributed by atoms with van der Waals surface area (Å²) in [6.07, 6.45) is 4.93. The average molecular weight is 342 g/mol. The van der Waals surface area contributed by atoms with Crippen LogP contribution in [-0.4, -0.2) is 30.6 Å². The molecule has 0 spiro atoms. The number of thiazole rings is 1. The van der Waals surface area contributed by atoms with Crippen LogP contribution in [0.4, 0.5) is 0 Å². The van der Waals surface area contributed by atoms with E-state index in [1.807, 2.05) is 30.8 Å². The first-order valence-corrected chi connectivity index (χ1v) is 8.51. The van der Waals surface area contributed by atoms with Crippen molar-refractivity contribution >= 4 is 17.2 Å². The van der Waals surface area contributed by atoms with E-state index in [1.54, 1.807) is 18.6 Å². The minimum Gasteiger partial charge on any atom is -0.346 e. The summed E-state index contributed by atoms with van der Waals surface area (Å²) >= 11 is 1.48. The molecule has 0 unspecified atom stereocenters. The second-order valence-electron chi connectivity index (χ2n) is 5.28. The van der Waals surface area contributed by atoms with Gasteiger partial charge in [-0.2, -0.15) is 5.10 Å². The van der Waals surface area contributed by atoms with Gasteiger partial charge in [-0.3, -0.25) is 19.4 Å². The molecule has 3 aromatic heterocycles. The Balaban J connectivity index is 1.69. The summed E-state index contributed by atoms with van der Waals surface area (Å²) in [6.45, 7) is 6.88. The summed E-state index contributed by atoms with van der Waals surface area (Å²) < 4.78 is 1.83. The van der Waals surface area contributed by atoms with Crippen molar-refractivity contribution in [2.75, 3.05) is 0 Å². The quantitative estimate of drug-likeness (QED) is 0.769. The van der Waals surface area contributed by atoms with E-state index < -0.39 is 0 Å². The van der Waals surface area contributed by atoms with E-state index in [4.69, 9.17) is 0 Å². The molecule has 0 atom stereocenters. The predicted octanol–water partition coefficient (Wildman–Crippen LogP) is 2.36. The molecule has 0 radical (unpaired) electrons. The van der Waals surface area contributed by atoms with Crippen LogP contribution in [0, 0.1) is 13.8 Å². The predicted molar refractivity (Wildman–Crippen MR) is 91.7 cm³/mol. The first kappa shape index (κ1) is 16.3. The lowest BCUT2D eigenvalue weighted by Gasteiger charge is -2.04. The third kappa shape index (κ3) is 3.18. The van der Waals surface area contributed by atoms with Crippen molar-refractivity contribution in [3.05, 3.63) is 46.6 Å². The van der Waals surface area contributed by atoms with E-state index in [-0.39, 0.29) is 5.91 Å². The maximum absolute atomic E-state index is 12.5. The number of hydrogen-bond donors (Lipinski definition) is 1. The first-order valence-electron chi connectivity index (χ1n) is 7.63. The average Bonchev–Trinajstić information content (AvgIpc) is 3.18. The Kier molecular flexibility index (Phi) is 4.66. The summed E-state index contributed by atoms with van der Waals surface area (Å²) in [4.78, 5) is 25.2. The number of carbonyl (C=O) groups excluding carboxylic acids is 1. The Morgan fingerprint density at radius 2 is 2.17 bits per heavy atom. The lowest BCUT2D eigenvalue weighted by Crippen LogP contribution is -2.24. The van der Waals surface area contributed by atoms with Crippen molar-refractivity contribution in [1.82, 2.24) is 30.0 Å². The maximum Gasteiger partial charge on any atom is 0.255 e. The van der Waals surface area contributed by atoms with Gasteiger partial charge in [-0.1, -0.05) is 0 Å². The van der Waals surface area contributed by atoms with Crippen LogP contribution in [0.1, 0.15) is 34.4 Å². The minimum atomic E-state index is -0.126. The molecule has 24 heavy (non-hydrogen) atoms. The topological polar surface area (TPSA) is 85.6 Å². The number of nitrogens with one attached hydrogen (secondary N) is 1. The molecular formula is C16H18N6OS. The summed E-state index contributed by atoms with van der Waals surface area (Å²) in [5.74, 6) is -0.126. The van der Waals surface area contributed by atoms with Gasteiger partial charge in [0, 0.05) is 30.0 Å². The second kappa shape index (κ2) is 6.88. The molecule has 3 rings (SSSR count). The Morgan fingerprint density at radius 3 is 2.83 bits per heavy atom. The molecular weight excluding hydrogens is 324 g/mol. The number of hydrogen-bond acceptors (Lipinski definition) is 6. The second-order valence-corrected chi connectivity index (χ2v) is 6.14. The smallest absolute Gasteiger partial charge is 0.255 e. The lowest BCUT2D eigenvalue weighted by atomic mass is 10.2. The molecule has 0 fully saturated rings. The standard InChI is InChI=1S/C16H18N6OS/c1-4-22-11(3)14(10(2)21-22)15(23)19-7-12-9-24-16(20-12)13-8-17-5-6-18-13/h5-6,8-9H,4,7H2,1-3H3,(H,19,23). The third-order valence-corrected chi connectivity index (χ3v) is 4.59. The van der Waals surface area contributed by atoms with Crippen molar-refractivity contribution in [3.63, 3.8) is 0 Å². The first-order chi connectivity index (χ1) is 11.6. The van der Waals surface area contributed by atoms with Crippen molar-refractivity contribution < 1.29 is 4.79 Å². The maximum atomic E-state index is 12.5. The molecule has 3 heterocycles. The largest absolute Gasteiger partial charge is 0.346 e. The van der Waals surface area contributed by atoms with Crippen molar-refractivity contribution in [2.45, 2.75) is 33.9 Å². The number of aromatic nitrogens is 5. The van der Waals surface area contributed by atoms with Crippen LogP contribution >= 0.6 is 11.3 Å². The normalized spacial score (nSPS) is 10.8. The van der Waals surface area contributed by atoms with E-state index in [9.17, 15) is 4.79 Å².